The summed E-state index contributed by atoms with van der Waals surface area (Å²) in [6, 6.07) is 35.2. The summed E-state index contributed by atoms with van der Waals surface area (Å²) in [5, 5.41) is 19.3. The van der Waals surface area contributed by atoms with Gasteiger partial charge in [0.15, 0.2) is 62.5 Å². The maximum atomic E-state index is 13.4. The molecule has 8 aliphatic heterocycles. The van der Waals surface area contributed by atoms with Gasteiger partial charge in [-0.25, -0.2) is 51.2 Å². The molecule has 8 saturated heterocycles. The van der Waals surface area contributed by atoms with Gasteiger partial charge in [0.05, 0.1) is 125 Å². The first-order valence-corrected chi connectivity index (χ1v) is 54.2. The smallest absolute Gasteiger partial charge is 0.235 e. The van der Waals surface area contributed by atoms with Crippen LogP contribution in [0.1, 0.15) is 198 Å². The third-order valence-electron chi connectivity index (χ3n) is 26.5. The number of rotatable bonds is 28. The molecule has 0 aliphatic carbocycles. The number of fused-ring (bicyclic) bond motifs is 4. The molecule has 140 heavy (non-hydrogen) atoms. The van der Waals surface area contributed by atoms with E-state index in [0.717, 1.165) is 54.4 Å². The maximum Gasteiger partial charge on any atom is 0.235 e. The number of benzene rings is 4. The van der Waals surface area contributed by atoms with Crippen molar-refractivity contribution in [3.05, 3.63) is 168 Å². The molecule has 0 radical (unpaired) electrons. The van der Waals surface area contributed by atoms with Crippen molar-refractivity contribution in [3.63, 3.8) is 0 Å². The number of aromatic nitrogens is 12. The molecular weight excluding hydrogens is 1890 g/mol. The Bertz CT molecular complexity index is 6990. The van der Waals surface area contributed by atoms with E-state index in [9.17, 15) is 70.4 Å². The Morgan fingerprint density at radius 1 is 0.350 bits per heavy atom. The fourth-order valence-electron chi connectivity index (χ4n) is 19.8. The molecule has 0 saturated carbocycles. The summed E-state index contributed by atoms with van der Waals surface area (Å²) in [7, 11) is -12.3. The lowest BCUT2D eigenvalue weighted by Gasteiger charge is -2.37. The Labute approximate surface area is 808 Å². The van der Waals surface area contributed by atoms with Crippen LogP contribution in [0.25, 0.3) is 89.2 Å². The molecule has 20 rings (SSSR count). The van der Waals surface area contributed by atoms with Gasteiger partial charge in [-0.2, -0.15) is 20.4 Å². The SMILES string of the molecule is CC(F)Oc1cccc(-c2nn(C3CCCOC3)c3cc(C(=O)CC4(C)CCS(=O)(=O)C4)cnc23)c1.CC(F)Oc1cccc(-c2nn(C3CCCOC3)c3cc(C(=O)CC4(C)CCS(=O)(=O)C4)cnc23)c1.CC(F)Oc1cccc(-c2nn(C3CCOC3)c3cc(C(=O)CC4(C)CCS(=O)(=O)C4)cnc23)c1.CC(F)Oc1cccc(-c2nn(C3COC3)c3cc(C(=O)CC4(C)CS(=O)(=O)C4)cnc23)c1. The average Bonchev–Trinajstić information content (AvgIpc) is 1.37. The van der Waals surface area contributed by atoms with Crippen molar-refractivity contribution >= 4 is 107 Å². The van der Waals surface area contributed by atoms with Gasteiger partial charge < -0.3 is 37.9 Å². The third-order valence-corrected chi connectivity index (χ3v) is 34.7. The quantitative estimate of drug-likeness (QED) is 0.0324. The Balaban J connectivity index is 0.000000129. The number of ketones is 4. The maximum absolute atomic E-state index is 13.4. The van der Waals surface area contributed by atoms with Crippen LogP contribution in [0, 0.1) is 21.7 Å². The number of pyridine rings is 4. The van der Waals surface area contributed by atoms with Gasteiger partial charge in [-0.3, -0.25) is 57.8 Å². The number of hydrogen-bond acceptors (Lipinski definition) is 28. The molecule has 4 aromatic carbocycles. The molecule has 8 aromatic heterocycles. The van der Waals surface area contributed by atoms with Crippen LogP contribution < -0.4 is 18.9 Å². The monoisotopic (exact) mass is 2000 g/mol. The minimum absolute atomic E-state index is 0.00110. The van der Waals surface area contributed by atoms with E-state index in [-0.39, 0.29) is 119 Å². The first-order valence-electron chi connectivity index (χ1n) is 46.9. The summed E-state index contributed by atoms with van der Waals surface area (Å²) in [6.45, 7) is 17.2. The number of Topliss-reactive ketones (excluding diaryl/α,β-unsaturated/α-hetero) is 4. The number of carbonyl (C=O) groups is 4. The van der Waals surface area contributed by atoms with E-state index in [4.69, 9.17) is 58.3 Å². The number of halogens is 4. The van der Waals surface area contributed by atoms with Crippen molar-refractivity contribution in [3.8, 4) is 68.0 Å². The molecule has 0 amide bonds. The van der Waals surface area contributed by atoms with E-state index in [1.54, 1.807) is 97.1 Å². The van der Waals surface area contributed by atoms with E-state index >= 15 is 0 Å². The highest BCUT2D eigenvalue weighted by molar-refractivity contribution is 7.93. The summed E-state index contributed by atoms with van der Waals surface area (Å²) < 4.78 is 199. The van der Waals surface area contributed by atoms with Crippen LogP contribution in [-0.2, 0) is 58.3 Å². The second kappa shape index (κ2) is 40.5. The second-order valence-electron chi connectivity index (χ2n) is 39.4. The van der Waals surface area contributed by atoms with Crippen LogP contribution in [0.2, 0.25) is 0 Å². The van der Waals surface area contributed by atoms with Crippen molar-refractivity contribution in [2.75, 3.05) is 98.9 Å². The van der Waals surface area contributed by atoms with Gasteiger partial charge in [-0.15, -0.1) is 0 Å². The number of hydrogen-bond donors (Lipinski definition) is 0. The normalized spacial score (nSPS) is 23.5. The van der Waals surface area contributed by atoms with Crippen LogP contribution in [0.4, 0.5) is 17.6 Å². The lowest BCUT2D eigenvalue weighted by molar-refractivity contribution is -0.0265. The minimum Gasteiger partial charge on any atom is -0.461 e. The van der Waals surface area contributed by atoms with Gasteiger partial charge in [0, 0.05) is 148 Å². The fraction of sp³-hybridized carbons (Fsp3) is 0.480. The zero-order valence-electron chi connectivity index (χ0n) is 79.0. The summed E-state index contributed by atoms with van der Waals surface area (Å²) >= 11 is 0. The van der Waals surface area contributed by atoms with E-state index in [2.05, 4.69) is 19.9 Å². The predicted molar refractivity (Wildman–Crippen MR) is 516 cm³/mol. The molecule has 744 valence electrons. The zero-order chi connectivity index (χ0) is 99.2. The number of nitrogens with zero attached hydrogens (tertiary/aromatic N) is 12. The lowest BCUT2D eigenvalue weighted by atomic mass is 9.83. The van der Waals surface area contributed by atoms with Crippen molar-refractivity contribution in [1.82, 2.24) is 59.1 Å². The number of ether oxygens (including phenoxy) is 8. The number of sulfone groups is 4. The first-order chi connectivity index (χ1) is 66.5. The molecule has 40 heteroatoms. The molecule has 12 aromatic rings. The Hall–Kier alpha value is -11.4. The summed E-state index contributed by atoms with van der Waals surface area (Å²) in [5.74, 6) is 1.49. The average molecular weight is 2010 g/mol. The molecule has 0 N–H and O–H groups in total. The highest BCUT2D eigenvalue weighted by Crippen LogP contribution is 2.45. The van der Waals surface area contributed by atoms with E-state index in [1.165, 1.54) is 52.5 Å². The Morgan fingerprint density at radius 2 is 0.607 bits per heavy atom. The van der Waals surface area contributed by atoms with Crippen LogP contribution in [-0.4, -0.2) is 240 Å². The number of carbonyl (C=O) groups excluding carboxylic acids is 4. The fourth-order valence-corrected chi connectivity index (χ4v) is 28.8. The van der Waals surface area contributed by atoms with Crippen LogP contribution in [0.3, 0.4) is 0 Å². The predicted octanol–water partition coefficient (Wildman–Crippen LogP) is 16.6. The molecule has 0 spiro atoms. The molecule has 8 aliphatic rings. The van der Waals surface area contributed by atoms with Crippen LogP contribution >= 0.6 is 0 Å². The summed E-state index contributed by atoms with van der Waals surface area (Å²) in [4.78, 5) is 71.0. The first kappa shape index (κ1) is 100. The van der Waals surface area contributed by atoms with E-state index in [1.807, 2.05) is 70.7 Å². The zero-order valence-corrected chi connectivity index (χ0v) is 82.2. The van der Waals surface area contributed by atoms with Crippen molar-refractivity contribution in [1.29, 1.82) is 0 Å². The van der Waals surface area contributed by atoms with Gasteiger partial charge in [-0.05, 0) is 140 Å². The molecule has 0 bridgehead atoms. The molecule has 10 unspecified atom stereocenters. The van der Waals surface area contributed by atoms with Crippen LogP contribution in [0.15, 0.2) is 146 Å². The molecule has 8 fully saturated rings. The van der Waals surface area contributed by atoms with Gasteiger partial charge in [-0.1, -0.05) is 76.2 Å². The minimum atomic E-state index is -3.11. The van der Waals surface area contributed by atoms with E-state index < -0.39 is 86.4 Å². The Kier molecular flexibility index (Phi) is 29.0. The number of alkyl halides is 4. The molecule has 10 atom stereocenters. The Morgan fingerprint density at radius 3 is 0.843 bits per heavy atom. The van der Waals surface area contributed by atoms with E-state index in [0.29, 0.717) is 184 Å². The van der Waals surface area contributed by atoms with Gasteiger partial charge in [0.1, 0.15) is 67.8 Å². The van der Waals surface area contributed by atoms with Crippen molar-refractivity contribution in [2.45, 2.75) is 182 Å². The highest BCUT2D eigenvalue weighted by atomic mass is 32.2. The van der Waals surface area contributed by atoms with Crippen molar-refractivity contribution in [2.24, 2.45) is 21.7 Å². The van der Waals surface area contributed by atoms with Crippen molar-refractivity contribution < 1.29 is 108 Å². The largest absolute Gasteiger partial charge is 0.461 e. The van der Waals surface area contributed by atoms with Gasteiger partial charge >= 0.3 is 0 Å². The summed E-state index contributed by atoms with van der Waals surface area (Å²) in [5.41, 5.74) is 10.1. The van der Waals surface area contributed by atoms with Crippen LogP contribution in [0.5, 0.6) is 23.0 Å². The molecule has 32 nitrogen and oxygen atoms in total. The van der Waals surface area contributed by atoms with Gasteiger partial charge in [0.25, 0.3) is 0 Å². The second-order valence-corrected chi connectivity index (χ2v) is 48.1. The topological polar surface area (TPSA) is 402 Å². The highest BCUT2D eigenvalue weighted by Gasteiger charge is 2.47. The third kappa shape index (κ3) is 23.3. The molecular formula is C100H112F4N12O20S4. The lowest BCUT2D eigenvalue weighted by Crippen LogP contribution is -2.47. The standard InChI is InChI=1S/2C26H30FN3O5S.C25H28FN3O5S.C23H24FN3O5S/c2*1-17(27)35-21-7-3-5-18(11-21)24-25-22(30(29-24)20-6-4-9-34-15-20)12-19(14-28-25)23(31)13-26(2)8-10-36(32,33)16-26;1-16(26)34-20-5-3-4-17(10-20)23-24-21(29(28-23)19-6-8-33-14-19)11-18(13-27-24)22(30)12-25(2)7-9-35(31,32)15-25;1-14(24)32-18-5-3-4-15(6-18)21-22-19(27(26-21)17-10-31-11-17)7-16(9-25-22)20(28)8-23(2)12-33(29,30)13-23/h2*3,5,7,11-12,14,17,20H,4,6,8-10,13,15-16H2,1-2H3;3-5,10-11,13,16,19H,6-9,12,14-15H2,1-2H3;3-7,9,14,17H,8,10-13H2,1-2H3. The molecule has 16 heterocycles. The van der Waals surface area contributed by atoms with Gasteiger partial charge in [0.2, 0.25) is 25.4 Å². The summed E-state index contributed by atoms with van der Waals surface area (Å²) in [6.07, 6.45) is 6.71.